The first-order chi connectivity index (χ1) is 25.9. The summed E-state index contributed by atoms with van der Waals surface area (Å²) in [6.45, 7) is 7.90. The highest BCUT2D eigenvalue weighted by atomic mass is 16.5. The molecular weight excluding hydrogens is 665 g/mol. The van der Waals surface area contributed by atoms with Gasteiger partial charge in [-0.05, 0) is 91.1 Å². The summed E-state index contributed by atoms with van der Waals surface area (Å²) in [6, 6.07) is 34.1. The Balaban J connectivity index is 1.25. The van der Waals surface area contributed by atoms with Crippen molar-refractivity contribution in [3.63, 3.8) is 0 Å². The molecule has 0 aliphatic heterocycles. The van der Waals surface area contributed by atoms with Crippen LogP contribution in [0.25, 0.3) is 22.2 Å². The van der Waals surface area contributed by atoms with E-state index in [9.17, 15) is 9.59 Å². The molecule has 0 fully saturated rings. The number of nitrogens with zero attached hydrogens (tertiary/aromatic N) is 4. The van der Waals surface area contributed by atoms with E-state index in [0.29, 0.717) is 61.1 Å². The van der Waals surface area contributed by atoms with Gasteiger partial charge in [-0.15, -0.1) is 0 Å². The highest BCUT2D eigenvalue weighted by Gasteiger charge is 2.22. The number of anilines is 2. The highest BCUT2D eigenvalue weighted by molar-refractivity contribution is 6.07. The van der Waals surface area contributed by atoms with Crippen molar-refractivity contribution in [2.75, 3.05) is 23.8 Å². The van der Waals surface area contributed by atoms with E-state index in [-0.39, 0.29) is 11.2 Å². The van der Waals surface area contributed by atoms with E-state index < -0.39 is 6.03 Å². The first kappa shape index (κ1) is 36.7. The second-order valence-corrected chi connectivity index (χ2v) is 12.8. The van der Waals surface area contributed by atoms with Gasteiger partial charge in [0.2, 0.25) is 0 Å². The van der Waals surface area contributed by atoms with Crippen molar-refractivity contribution in [2.45, 2.75) is 53.2 Å². The topological polar surface area (TPSA) is 119 Å². The predicted molar refractivity (Wildman–Crippen MR) is 212 cm³/mol. The van der Waals surface area contributed by atoms with Gasteiger partial charge >= 0.3 is 6.03 Å². The Bertz CT molecular complexity index is 2230. The zero-order valence-corrected chi connectivity index (χ0v) is 30.3. The van der Waals surface area contributed by atoms with Gasteiger partial charge in [0.25, 0.3) is 5.56 Å². The third-order valence-corrected chi connectivity index (χ3v) is 8.72. The molecule has 0 atom stereocenters. The SMILES string of the molecule is CCCCn1c(=O)c(NC(=O)Nc2c(C)cc(N=Nc3ccccc3)cc2C)c(-c2cccc(OCCCOCc3ccccc3)c2)c2cccnc21. The molecule has 0 saturated carbocycles. The Morgan fingerprint density at radius 1 is 0.774 bits per heavy atom. The number of azo groups is 1. The van der Waals surface area contributed by atoms with Crippen LogP contribution in [0.15, 0.2) is 130 Å². The van der Waals surface area contributed by atoms with Crippen molar-refractivity contribution in [3.8, 4) is 16.9 Å². The van der Waals surface area contributed by atoms with Crippen molar-refractivity contribution in [2.24, 2.45) is 10.2 Å². The van der Waals surface area contributed by atoms with E-state index in [1.54, 1.807) is 10.8 Å². The number of fused-ring (bicyclic) bond motifs is 1. The Kier molecular flexibility index (Phi) is 12.4. The summed E-state index contributed by atoms with van der Waals surface area (Å²) in [7, 11) is 0. The summed E-state index contributed by atoms with van der Waals surface area (Å²) in [6.07, 6.45) is 4.06. The average molecular weight is 709 g/mol. The Labute approximate surface area is 309 Å². The van der Waals surface area contributed by atoms with Crippen LogP contribution in [-0.4, -0.2) is 28.8 Å². The second-order valence-electron chi connectivity index (χ2n) is 12.8. The van der Waals surface area contributed by atoms with Crippen LogP contribution < -0.4 is 20.9 Å². The molecule has 0 unspecified atom stereocenters. The average Bonchev–Trinajstić information content (AvgIpc) is 3.18. The largest absolute Gasteiger partial charge is 0.493 e. The number of hydrogen-bond donors (Lipinski definition) is 2. The number of carbonyl (C=O) groups excluding carboxylic acids is 1. The first-order valence-corrected chi connectivity index (χ1v) is 17.9. The summed E-state index contributed by atoms with van der Waals surface area (Å²) in [4.78, 5) is 32.7. The van der Waals surface area contributed by atoms with Crippen LogP contribution in [0.2, 0.25) is 0 Å². The minimum Gasteiger partial charge on any atom is -0.493 e. The number of pyridine rings is 2. The molecule has 0 aliphatic rings. The predicted octanol–water partition coefficient (Wildman–Crippen LogP) is 10.5. The molecule has 270 valence electrons. The molecule has 4 aromatic carbocycles. The number of nitrogens with one attached hydrogen (secondary N) is 2. The maximum Gasteiger partial charge on any atom is 0.323 e. The molecule has 2 N–H and O–H groups in total. The van der Waals surface area contributed by atoms with Crippen LogP contribution in [-0.2, 0) is 17.9 Å². The van der Waals surface area contributed by atoms with Gasteiger partial charge in [0.1, 0.15) is 17.1 Å². The highest BCUT2D eigenvalue weighted by Crippen LogP contribution is 2.35. The van der Waals surface area contributed by atoms with Crippen LogP contribution in [0.3, 0.4) is 0 Å². The molecule has 2 heterocycles. The number of benzene rings is 4. The molecule has 10 heteroatoms. The van der Waals surface area contributed by atoms with Gasteiger partial charge in [-0.25, -0.2) is 9.78 Å². The van der Waals surface area contributed by atoms with Crippen molar-refractivity contribution in [3.05, 3.63) is 142 Å². The smallest absolute Gasteiger partial charge is 0.323 e. The molecule has 2 aromatic heterocycles. The maximum atomic E-state index is 14.3. The van der Waals surface area contributed by atoms with Crippen LogP contribution >= 0.6 is 0 Å². The summed E-state index contributed by atoms with van der Waals surface area (Å²) >= 11 is 0. The van der Waals surface area contributed by atoms with Crippen LogP contribution in [0, 0.1) is 13.8 Å². The summed E-state index contributed by atoms with van der Waals surface area (Å²) in [5.74, 6) is 0.643. The van der Waals surface area contributed by atoms with Crippen molar-refractivity contribution in [1.82, 2.24) is 9.55 Å². The normalized spacial score (nSPS) is 11.2. The zero-order chi connectivity index (χ0) is 37.0. The molecule has 6 rings (SSSR count). The van der Waals surface area contributed by atoms with E-state index >= 15 is 0 Å². The molecule has 10 nitrogen and oxygen atoms in total. The lowest BCUT2D eigenvalue weighted by Gasteiger charge is -2.19. The number of ether oxygens (including phenoxy) is 2. The Hall–Kier alpha value is -6.13. The number of unbranched alkanes of at least 4 members (excludes halogenated alkanes) is 1. The van der Waals surface area contributed by atoms with Gasteiger partial charge in [0.05, 0.1) is 31.2 Å². The standard InChI is InChI=1S/C43H44N6O4/c1-4-5-23-49-41-37(21-13-22-44-41)38(33-17-12-20-36(28-33)53-25-14-24-52-29-32-15-8-6-9-16-32)40(42(49)50)46-43(51)45-39-30(2)26-35(27-31(39)3)48-47-34-18-10-7-11-19-34/h6-13,15-22,26-28H,4-5,14,23-25,29H2,1-3H3,(H2,45,46,51). The Morgan fingerprint density at radius 3 is 2.25 bits per heavy atom. The van der Waals surface area contributed by atoms with Gasteiger partial charge in [-0.3, -0.25) is 9.36 Å². The summed E-state index contributed by atoms with van der Waals surface area (Å²) < 4.78 is 13.6. The molecule has 0 radical (unpaired) electrons. The van der Waals surface area contributed by atoms with Crippen LogP contribution in [0.5, 0.6) is 5.75 Å². The summed E-state index contributed by atoms with van der Waals surface area (Å²) in [5, 5.41) is 15.4. The van der Waals surface area contributed by atoms with Gasteiger partial charge in [0, 0.05) is 35.8 Å². The fraction of sp³-hybridized carbons (Fsp3) is 0.233. The fourth-order valence-corrected chi connectivity index (χ4v) is 6.14. The third-order valence-electron chi connectivity index (χ3n) is 8.72. The first-order valence-electron chi connectivity index (χ1n) is 17.9. The number of aromatic nitrogens is 2. The van der Waals surface area contributed by atoms with Crippen LogP contribution in [0.4, 0.5) is 27.5 Å². The minimum absolute atomic E-state index is 0.161. The Morgan fingerprint density at radius 2 is 1.49 bits per heavy atom. The summed E-state index contributed by atoms with van der Waals surface area (Å²) in [5.41, 5.74) is 6.45. The van der Waals surface area contributed by atoms with E-state index in [4.69, 9.17) is 9.47 Å². The van der Waals surface area contributed by atoms with E-state index in [1.165, 1.54) is 0 Å². The van der Waals surface area contributed by atoms with Gasteiger partial charge in [0.15, 0.2) is 0 Å². The van der Waals surface area contributed by atoms with Gasteiger partial charge in [-0.1, -0.05) is 74.0 Å². The van der Waals surface area contributed by atoms with Gasteiger partial charge in [-0.2, -0.15) is 10.2 Å². The number of rotatable bonds is 15. The number of carbonyl (C=O) groups is 1. The maximum absolute atomic E-state index is 14.3. The number of amides is 2. The molecular formula is C43H44N6O4. The lowest BCUT2D eigenvalue weighted by molar-refractivity contribution is 0.107. The van der Waals surface area contributed by atoms with E-state index in [2.05, 4.69) is 32.8 Å². The van der Waals surface area contributed by atoms with Crippen molar-refractivity contribution >= 4 is 39.8 Å². The van der Waals surface area contributed by atoms with Crippen molar-refractivity contribution < 1.29 is 14.3 Å². The molecule has 53 heavy (non-hydrogen) atoms. The van der Waals surface area contributed by atoms with E-state index in [0.717, 1.165) is 46.2 Å². The molecule has 0 spiro atoms. The minimum atomic E-state index is -0.540. The van der Waals surface area contributed by atoms with Crippen LogP contribution in [0.1, 0.15) is 42.9 Å². The lowest BCUT2D eigenvalue weighted by atomic mass is 10.00. The third kappa shape index (κ3) is 9.41. The van der Waals surface area contributed by atoms with E-state index in [1.807, 2.05) is 123 Å². The molecule has 0 saturated heterocycles. The number of hydrogen-bond acceptors (Lipinski definition) is 7. The second kappa shape index (κ2) is 17.9. The quantitative estimate of drug-likeness (QED) is 0.0813. The molecule has 0 bridgehead atoms. The number of aryl methyl sites for hydroxylation is 3. The van der Waals surface area contributed by atoms with Gasteiger partial charge < -0.3 is 20.1 Å². The molecule has 0 aliphatic carbocycles. The molecule has 6 aromatic rings. The monoisotopic (exact) mass is 708 g/mol. The van der Waals surface area contributed by atoms with Crippen molar-refractivity contribution in [1.29, 1.82) is 0 Å². The fourth-order valence-electron chi connectivity index (χ4n) is 6.14. The zero-order valence-electron chi connectivity index (χ0n) is 30.3. The number of urea groups is 1. The lowest BCUT2D eigenvalue weighted by Crippen LogP contribution is -2.30. The molecule has 2 amide bonds.